The first-order valence-corrected chi connectivity index (χ1v) is 7.94. The molecule has 3 rings (SSSR count). The molecule has 0 radical (unpaired) electrons. The van der Waals surface area contributed by atoms with Crippen LogP contribution in [-0.2, 0) is 11.3 Å². The fourth-order valence-electron chi connectivity index (χ4n) is 3.48. The summed E-state index contributed by atoms with van der Waals surface area (Å²) in [7, 11) is 1.72. The highest BCUT2D eigenvalue weighted by Crippen LogP contribution is 2.34. The summed E-state index contributed by atoms with van der Waals surface area (Å²) in [6, 6.07) is 10.5. The number of fused-ring (bicyclic) bond motifs is 1. The summed E-state index contributed by atoms with van der Waals surface area (Å²) in [5.74, 6) is 0.444. The Morgan fingerprint density at radius 1 is 1.14 bits per heavy atom. The number of carbonyl (C=O) groups excluding carboxylic acids is 1. The quantitative estimate of drug-likeness (QED) is 0.783. The van der Waals surface area contributed by atoms with E-state index in [1.54, 1.807) is 7.11 Å². The summed E-state index contributed by atoms with van der Waals surface area (Å²) in [6.07, 6.45) is 4.21. The van der Waals surface area contributed by atoms with Crippen LogP contribution in [0.5, 0.6) is 0 Å². The Bertz CT molecular complexity index is 555. The highest BCUT2D eigenvalue weighted by atomic mass is 16.5. The molecule has 1 saturated heterocycles. The lowest BCUT2D eigenvalue weighted by Crippen LogP contribution is -2.44. The second-order valence-corrected chi connectivity index (χ2v) is 6.51. The fraction of sp³-hybridized carbons (Fsp3) is 0.500. The zero-order valence-electron chi connectivity index (χ0n) is 13.5. The van der Waals surface area contributed by atoms with Crippen molar-refractivity contribution < 1.29 is 9.53 Å². The van der Waals surface area contributed by atoms with Crippen LogP contribution in [0.4, 0.5) is 4.79 Å². The van der Waals surface area contributed by atoms with Crippen molar-refractivity contribution in [3.63, 3.8) is 0 Å². The lowest BCUT2D eigenvalue weighted by atomic mass is 10.1. The van der Waals surface area contributed by atoms with Crippen molar-refractivity contribution in [2.45, 2.75) is 38.6 Å². The predicted octanol–water partition coefficient (Wildman–Crippen LogP) is 2.90. The van der Waals surface area contributed by atoms with Crippen molar-refractivity contribution >= 4 is 6.03 Å². The number of rotatable bonds is 5. The molecule has 22 heavy (non-hydrogen) atoms. The molecule has 4 nitrogen and oxygen atoms in total. The largest absolute Gasteiger partial charge is 0.375 e. The van der Waals surface area contributed by atoms with Crippen molar-refractivity contribution in [3.05, 3.63) is 48.0 Å². The van der Waals surface area contributed by atoms with Gasteiger partial charge in [-0.15, -0.1) is 0 Å². The molecule has 0 unspecified atom stereocenters. The van der Waals surface area contributed by atoms with Crippen LogP contribution in [0.3, 0.4) is 0 Å². The molecule has 1 aromatic carbocycles. The van der Waals surface area contributed by atoms with Crippen LogP contribution in [-0.4, -0.2) is 47.7 Å². The van der Waals surface area contributed by atoms with Gasteiger partial charge in [-0.3, -0.25) is 0 Å². The van der Waals surface area contributed by atoms with Crippen molar-refractivity contribution in [1.29, 1.82) is 0 Å². The van der Waals surface area contributed by atoms with E-state index in [2.05, 4.69) is 38.1 Å². The molecule has 0 bridgehead atoms. The monoisotopic (exact) mass is 300 g/mol. The van der Waals surface area contributed by atoms with E-state index >= 15 is 0 Å². The molecule has 0 aromatic heterocycles. The molecule has 118 valence electrons. The standard InChI is InChI=1S/C18H24N2O2/c1-13(2)11-20-17-15(9-10-16(17)22-3)19(18(20)21)12-14-7-5-4-6-8-14/h4-10,13,15-17H,11-12H2,1-3H3/t15-,16-,17-/m1/s1. The lowest BCUT2D eigenvalue weighted by molar-refractivity contribution is 0.0725. The SMILES string of the molecule is CO[C@@H]1C=C[C@@H]2[C@H]1N(CC(C)C)C(=O)N2Cc1ccccc1. The smallest absolute Gasteiger partial charge is 0.321 e. The van der Waals surface area contributed by atoms with Crippen LogP contribution in [0.2, 0.25) is 0 Å². The van der Waals surface area contributed by atoms with Gasteiger partial charge < -0.3 is 14.5 Å². The van der Waals surface area contributed by atoms with Gasteiger partial charge in [0.2, 0.25) is 0 Å². The van der Waals surface area contributed by atoms with E-state index in [1.807, 2.05) is 28.0 Å². The van der Waals surface area contributed by atoms with Crippen molar-refractivity contribution in [2.75, 3.05) is 13.7 Å². The van der Waals surface area contributed by atoms with E-state index in [0.29, 0.717) is 12.5 Å². The van der Waals surface area contributed by atoms with Gasteiger partial charge in [0, 0.05) is 20.2 Å². The lowest BCUT2D eigenvalue weighted by Gasteiger charge is -2.28. The van der Waals surface area contributed by atoms with Crippen molar-refractivity contribution in [2.24, 2.45) is 5.92 Å². The van der Waals surface area contributed by atoms with Crippen LogP contribution in [0.25, 0.3) is 0 Å². The molecule has 0 saturated carbocycles. The molecule has 1 aliphatic carbocycles. The van der Waals surface area contributed by atoms with Gasteiger partial charge in [-0.2, -0.15) is 0 Å². The molecular formula is C18H24N2O2. The summed E-state index contributed by atoms with van der Waals surface area (Å²) in [5, 5.41) is 0. The first kappa shape index (κ1) is 15.1. The maximum atomic E-state index is 12.9. The Balaban J connectivity index is 1.85. The zero-order valence-corrected chi connectivity index (χ0v) is 13.5. The fourth-order valence-corrected chi connectivity index (χ4v) is 3.48. The molecule has 1 heterocycles. The Labute approximate surface area is 132 Å². The second-order valence-electron chi connectivity index (χ2n) is 6.51. The molecule has 4 heteroatoms. The van der Waals surface area contributed by atoms with Crippen LogP contribution in [0, 0.1) is 5.92 Å². The highest BCUT2D eigenvalue weighted by Gasteiger charge is 2.50. The minimum Gasteiger partial charge on any atom is -0.375 e. The zero-order chi connectivity index (χ0) is 15.7. The summed E-state index contributed by atoms with van der Waals surface area (Å²) in [6.45, 7) is 5.71. The third-order valence-electron chi connectivity index (χ3n) is 4.43. The maximum Gasteiger partial charge on any atom is 0.321 e. The predicted molar refractivity (Wildman–Crippen MR) is 86.4 cm³/mol. The third-order valence-corrected chi connectivity index (χ3v) is 4.43. The van der Waals surface area contributed by atoms with Crippen molar-refractivity contribution in [1.82, 2.24) is 9.80 Å². The second kappa shape index (κ2) is 6.13. The van der Waals surface area contributed by atoms with Gasteiger partial charge in [-0.1, -0.05) is 56.3 Å². The number of carbonyl (C=O) groups is 1. The molecule has 2 aliphatic rings. The van der Waals surface area contributed by atoms with E-state index in [-0.39, 0.29) is 24.2 Å². The van der Waals surface area contributed by atoms with E-state index in [4.69, 9.17) is 4.74 Å². The molecule has 1 fully saturated rings. The number of urea groups is 1. The molecule has 1 aliphatic heterocycles. The van der Waals surface area contributed by atoms with Gasteiger partial charge in [0.15, 0.2) is 0 Å². The molecule has 2 amide bonds. The number of hydrogen-bond donors (Lipinski definition) is 0. The molecular weight excluding hydrogens is 276 g/mol. The summed E-state index contributed by atoms with van der Waals surface area (Å²) in [5.41, 5.74) is 1.16. The van der Waals surface area contributed by atoms with Crippen LogP contribution < -0.4 is 0 Å². The number of ether oxygens (including phenoxy) is 1. The van der Waals surface area contributed by atoms with Crippen LogP contribution >= 0.6 is 0 Å². The number of hydrogen-bond acceptors (Lipinski definition) is 2. The van der Waals surface area contributed by atoms with Crippen LogP contribution in [0.1, 0.15) is 19.4 Å². The van der Waals surface area contributed by atoms with Gasteiger partial charge >= 0.3 is 6.03 Å². The third kappa shape index (κ3) is 2.63. The Morgan fingerprint density at radius 2 is 1.86 bits per heavy atom. The number of benzene rings is 1. The first-order chi connectivity index (χ1) is 10.6. The normalized spacial score (nSPS) is 27.1. The Hall–Kier alpha value is -1.81. The van der Waals surface area contributed by atoms with Crippen LogP contribution in [0.15, 0.2) is 42.5 Å². The van der Waals surface area contributed by atoms with Gasteiger partial charge in [-0.05, 0) is 11.5 Å². The molecule has 3 atom stereocenters. The minimum absolute atomic E-state index is 0.00604. The van der Waals surface area contributed by atoms with Gasteiger partial charge in [0.05, 0.1) is 18.2 Å². The first-order valence-electron chi connectivity index (χ1n) is 7.94. The number of methoxy groups -OCH3 is 1. The van der Waals surface area contributed by atoms with Gasteiger partial charge in [-0.25, -0.2) is 4.79 Å². The summed E-state index contributed by atoms with van der Waals surface area (Å²) in [4.78, 5) is 16.8. The number of nitrogens with zero attached hydrogens (tertiary/aromatic N) is 2. The topological polar surface area (TPSA) is 32.8 Å². The molecule has 0 N–H and O–H groups in total. The Kier molecular flexibility index (Phi) is 4.21. The van der Waals surface area contributed by atoms with Gasteiger partial charge in [0.25, 0.3) is 0 Å². The number of amides is 2. The van der Waals surface area contributed by atoms with E-state index in [1.165, 1.54) is 0 Å². The molecule has 0 spiro atoms. The summed E-state index contributed by atoms with van der Waals surface area (Å²) < 4.78 is 5.58. The average molecular weight is 300 g/mol. The van der Waals surface area contributed by atoms with Crippen molar-refractivity contribution in [3.8, 4) is 0 Å². The Morgan fingerprint density at radius 3 is 2.50 bits per heavy atom. The van der Waals surface area contributed by atoms with E-state index in [9.17, 15) is 4.79 Å². The van der Waals surface area contributed by atoms with Gasteiger partial charge in [0.1, 0.15) is 0 Å². The van der Waals surface area contributed by atoms with E-state index in [0.717, 1.165) is 12.1 Å². The maximum absolute atomic E-state index is 12.9. The minimum atomic E-state index is -0.00604. The highest BCUT2D eigenvalue weighted by molar-refractivity contribution is 5.79. The molecule has 1 aromatic rings. The average Bonchev–Trinajstić information content (AvgIpc) is 3.03. The summed E-state index contributed by atoms with van der Waals surface area (Å²) >= 11 is 0. The van der Waals surface area contributed by atoms with E-state index < -0.39 is 0 Å².